The highest BCUT2D eigenvalue weighted by Gasteiger charge is 2.26. The van der Waals surface area contributed by atoms with E-state index in [2.05, 4.69) is 4.72 Å². The number of Topliss-reactive ketones (excluding diaryl/α,β-unsaturated/α-hetero) is 1. The zero-order valence-electron chi connectivity index (χ0n) is 16.1. The van der Waals surface area contributed by atoms with E-state index in [0.29, 0.717) is 12.1 Å². The average Bonchev–Trinajstić information content (AvgIpc) is 2.74. The lowest BCUT2D eigenvalue weighted by Crippen LogP contribution is -2.37. The summed E-state index contributed by atoms with van der Waals surface area (Å²) in [5.74, 6) is -0.187. The van der Waals surface area contributed by atoms with E-state index in [0.717, 1.165) is 5.56 Å². The number of hydrogen-bond acceptors (Lipinski definition) is 5. The smallest absolute Gasteiger partial charge is 0.410 e. The zero-order valence-corrected chi connectivity index (χ0v) is 16.9. The molecule has 1 aliphatic heterocycles. The number of ketones is 1. The molecular formula is C19H26N2O5S. The summed E-state index contributed by atoms with van der Waals surface area (Å²) in [5.41, 5.74) is 0.681. The fraction of sp³-hybridized carbons (Fsp3) is 0.474. The van der Waals surface area contributed by atoms with Crippen LogP contribution in [0.25, 0.3) is 0 Å². The average molecular weight is 394 g/mol. The van der Waals surface area contributed by atoms with Gasteiger partial charge in [-0.15, -0.1) is 0 Å². The minimum atomic E-state index is -3.75. The van der Waals surface area contributed by atoms with Gasteiger partial charge in [0.2, 0.25) is 0 Å². The number of likely N-dealkylation sites (tertiary alicyclic amines) is 1. The fourth-order valence-electron chi connectivity index (χ4n) is 2.50. The number of amides is 1. The molecule has 0 aliphatic carbocycles. The van der Waals surface area contributed by atoms with Gasteiger partial charge in [0.25, 0.3) is 10.0 Å². The van der Waals surface area contributed by atoms with Crippen molar-refractivity contribution in [2.24, 2.45) is 0 Å². The van der Waals surface area contributed by atoms with Crippen LogP contribution in [0.4, 0.5) is 4.79 Å². The fourth-order valence-corrected chi connectivity index (χ4v) is 3.43. The van der Waals surface area contributed by atoms with Crippen molar-refractivity contribution in [2.75, 3.05) is 13.1 Å². The van der Waals surface area contributed by atoms with Gasteiger partial charge < -0.3 is 9.64 Å². The molecule has 1 aliphatic rings. The van der Waals surface area contributed by atoms with Gasteiger partial charge in [-0.05, 0) is 46.2 Å². The van der Waals surface area contributed by atoms with Gasteiger partial charge in [0.05, 0.1) is 4.90 Å². The Morgan fingerprint density at radius 2 is 1.74 bits per heavy atom. The molecule has 1 aromatic carbocycles. The number of carbonyl (C=O) groups is 2. The van der Waals surface area contributed by atoms with Crippen LogP contribution < -0.4 is 4.72 Å². The van der Waals surface area contributed by atoms with Crippen LogP contribution in [-0.2, 0) is 19.6 Å². The Balaban J connectivity index is 2.07. The molecule has 7 nitrogen and oxygen atoms in total. The SMILES string of the molecule is Cc1ccc(S(=O)(=O)N/C=C2\CCN(C(=O)OC(C)(C)C)CCC2=O)cc1. The highest BCUT2D eigenvalue weighted by atomic mass is 32.2. The predicted molar refractivity (Wildman–Crippen MR) is 102 cm³/mol. The minimum absolute atomic E-state index is 0.122. The van der Waals surface area contributed by atoms with Crippen molar-refractivity contribution in [2.45, 2.75) is 51.0 Å². The van der Waals surface area contributed by atoms with E-state index in [4.69, 9.17) is 4.74 Å². The second kappa shape index (κ2) is 8.12. The molecule has 0 unspecified atom stereocenters. The third kappa shape index (κ3) is 6.09. The van der Waals surface area contributed by atoms with Crippen LogP contribution >= 0.6 is 0 Å². The first-order valence-corrected chi connectivity index (χ1v) is 10.3. The molecule has 8 heteroatoms. The first-order chi connectivity index (χ1) is 12.5. The third-order valence-electron chi connectivity index (χ3n) is 3.99. The van der Waals surface area contributed by atoms with Crippen molar-refractivity contribution in [1.82, 2.24) is 9.62 Å². The van der Waals surface area contributed by atoms with Crippen LogP contribution in [0.2, 0.25) is 0 Å². The molecule has 0 atom stereocenters. The van der Waals surface area contributed by atoms with E-state index in [-0.39, 0.29) is 30.1 Å². The van der Waals surface area contributed by atoms with Gasteiger partial charge in [0.15, 0.2) is 5.78 Å². The number of aryl methyl sites for hydroxylation is 1. The number of sulfonamides is 1. The molecule has 0 bridgehead atoms. The van der Waals surface area contributed by atoms with Crippen LogP contribution in [0.15, 0.2) is 40.9 Å². The van der Waals surface area contributed by atoms with Gasteiger partial charge >= 0.3 is 6.09 Å². The van der Waals surface area contributed by atoms with E-state index >= 15 is 0 Å². The third-order valence-corrected chi connectivity index (χ3v) is 5.31. The van der Waals surface area contributed by atoms with E-state index in [1.807, 2.05) is 6.92 Å². The number of ether oxygens (including phenoxy) is 1. The number of hydrogen-bond donors (Lipinski definition) is 1. The first-order valence-electron chi connectivity index (χ1n) is 8.77. The Morgan fingerprint density at radius 3 is 2.33 bits per heavy atom. The maximum atomic E-state index is 12.4. The molecule has 148 valence electrons. The second-order valence-electron chi connectivity index (χ2n) is 7.49. The molecule has 0 saturated carbocycles. The maximum Gasteiger partial charge on any atom is 0.410 e. The molecule has 1 saturated heterocycles. The van der Waals surface area contributed by atoms with Crippen molar-refractivity contribution in [1.29, 1.82) is 0 Å². The molecule has 1 fully saturated rings. The Hall–Kier alpha value is -2.35. The molecule has 1 N–H and O–H groups in total. The minimum Gasteiger partial charge on any atom is -0.444 e. The lowest BCUT2D eigenvalue weighted by molar-refractivity contribution is -0.115. The van der Waals surface area contributed by atoms with Gasteiger partial charge in [-0.1, -0.05) is 17.7 Å². The summed E-state index contributed by atoms with van der Waals surface area (Å²) in [6.45, 7) is 7.73. The van der Waals surface area contributed by atoms with Crippen LogP contribution in [-0.4, -0.2) is 43.9 Å². The van der Waals surface area contributed by atoms with E-state index in [1.54, 1.807) is 32.9 Å². The topological polar surface area (TPSA) is 92.8 Å². The molecule has 27 heavy (non-hydrogen) atoms. The standard InChI is InChI=1S/C19H26N2O5S/c1-14-5-7-16(8-6-14)27(24,25)20-13-15-9-11-21(12-10-17(15)22)18(23)26-19(2,3)4/h5-8,13,20H,9-12H2,1-4H3/b15-13+. The number of nitrogens with zero attached hydrogens (tertiary/aromatic N) is 1. The van der Waals surface area contributed by atoms with Crippen molar-refractivity contribution in [3.63, 3.8) is 0 Å². The normalized spacial score (nSPS) is 17.6. The summed E-state index contributed by atoms with van der Waals surface area (Å²) in [5, 5.41) is 0. The molecule has 0 radical (unpaired) electrons. The summed E-state index contributed by atoms with van der Waals surface area (Å²) in [4.78, 5) is 26.1. The van der Waals surface area contributed by atoms with Gasteiger partial charge in [-0.25, -0.2) is 13.2 Å². The molecular weight excluding hydrogens is 368 g/mol. The number of rotatable bonds is 3. The molecule has 0 spiro atoms. The molecule has 2 rings (SSSR count). The largest absolute Gasteiger partial charge is 0.444 e. The second-order valence-corrected chi connectivity index (χ2v) is 9.21. The van der Waals surface area contributed by atoms with Gasteiger partial charge in [0, 0.05) is 31.3 Å². The number of nitrogens with one attached hydrogen (secondary N) is 1. The highest BCUT2D eigenvalue weighted by Crippen LogP contribution is 2.17. The number of benzene rings is 1. The van der Waals surface area contributed by atoms with Crippen LogP contribution in [0.3, 0.4) is 0 Å². The summed E-state index contributed by atoms with van der Waals surface area (Å²) in [6, 6.07) is 6.43. The molecule has 0 aromatic heterocycles. The summed E-state index contributed by atoms with van der Waals surface area (Å²) >= 11 is 0. The van der Waals surface area contributed by atoms with Crippen molar-refractivity contribution < 1.29 is 22.7 Å². The molecule has 1 heterocycles. The zero-order chi connectivity index (χ0) is 20.2. The first kappa shape index (κ1) is 21.0. The van der Waals surface area contributed by atoms with Crippen molar-refractivity contribution in [3.05, 3.63) is 41.6 Å². The highest BCUT2D eigenvalue weighted by molar-refractivity contribution is 7.89. The lowest BCUT2D eigenvalue weighted by Gasteiger charge is -2.26. The Kier molecular flexibility index (Phi) is 6.30. The maximum absolute atomic E-state index is 12.4. The Labute approximate surface area is 160 Å². The van der Waals surface area contributed by atoms with Crippen LogP contribution in [0.5, 0.6) is 0 Å². The van der Waals surface area contributed by atoms with Crippen molar-refractivity contribution >= 4 is 21.9 Å². The number of carbonyl (C=O) groups excluding carboxylic acids is 2. The van der Waals surface area contributed by atoms with E-state index in [1.165, 1.54) is 23.2 Å². The van der Waals surface area contributed by atoms with Crippen molar-refractivity contribution in [3.8, 4) is 0 Å². The molecule has 1 amide bonds. The van der Waals surface area contributed by atoms with E-state index < -0.39 is 21.7 Å². The predicted octanol–water partition coefficient (Wildman–Crippen LogP) is 2.76. The molecule has 1 aromatic rings. The lowest BCUT2D eigenvalue weighted by atomic mass is 10.1. The Morgan fingerprint density at radius 1 is 1.15 bits per heavy atom. The summed E-state index contributed by atoms with van der Waals surface area (Å²) in [6.07, 6.45) is 1.14. The summed E-state index contributed by atoms with van der Waals surface area (Å²) in [7, 11) is -3.75. The monoisotopic (exact) mass is 394 g/mol. The quantitative estimate of drug-likeness (QED) is 0.796. The van der Waals surface area contributed by atoms with Gasteiger partial charge in [-0.2, -0.15) is 0 Å². The van der Waals surface area contributed by atoms with Gasteiger partial charge in [0.1, 0.15) is 5.60 Å². The van der Waals surface area contributed by atoms with Crippen LogP contribution in [0.1, 0.15) is 39.2 Å². The van der Waals surface area contributed by atoms with Crippen LogP contribution in [0, 0.1) is 6.92 Å². The summed E-state index contributed by atoms with van der Waals surface area (Å²) < 4.78 is 32.4. The van der Waals surface area contributed by atoms with E-state index in [9.17, 15) is 18.0 Å². The Bertz CT molecular complexity index is 836. The van der Waals surface area contributed by atoms with Gasteiger partial charge in [-0.3, -0.25) is 9.52 Å².